The van der Waals surface area contributed by atoms with Crippen molar-refractivity contribution in [2.24, 2.45) is 0 Å². The molecule has 0 aliphatic carbocycles. The van der Waals surface area contributed by atoms with Gasteiger partial charge in [0.2, 0.25) is 0 Å². The van der Waals surface area contributed by atoms with Gasteiger partial charge in [-0.25, -0.2) is 9.78 Å². The van der Waals surface area contributed by atoms with Gasteiger partial charge in [-0.3, -0.25) is 0 Å². The van der Waals surface area contributed by atoms with Gasteiger partial charge in [-0.15, -0.1) is 11.3 Å². The van der Waals surface area contributed by atoms with Crippen LogP contribution in [0, 0.1) is 0 Å². The monoisotopic (exact) mass is 389 g/mol. The fourth-order valence-electron chi connectivity index (χ4n) is 2.13. The van der Waals surface area contributed by atoms with Gasteiger partial charge in [0.1, 0.15) is 23.1 Å². The second kappa shape index (κ2) is 8.69. The van der Waals surface area contributed by atoms with Crippen molar-refractivity contribution in [2.45, 2.75) is 6.61 Å². The summed E-state index contributed by atoms with van der Waals surface area (Å²) < 4.78 is 15.8. The molecule has 3 aromatic rings. The van der Waals surface area contributed by atoms with E-state index in [4.69, 9.17) is 25.8 Å². The van der Waals surface area contributed by atoms with Crippen LogP contribution in [-0.4, -0.2) is 24.7 Å². The Kier molecular flexibility index (Phi) is 6.09. The Balaban J connectivity index is 1.51. The Morgan fingerprint density at radius 1 is 1.15 bits per heavy atom. The number of hydrogen-bond donors (Lipinski definition) is 0. The molecule has 0 fully saturated rings. The lowest BCUT2D eigenvalue weighted by molar-refractivity contribution is -0.147. The summed E-state index contributed by atoms with van der Waals surface area (Å²) in [4.78, 5) is 16.3. The molecule has 1 heterocycles. The molecule has 0 aliphatic rings. The maximum Gasteiger partial charge on any atom is 0.344 e. The Morgan fingerprint density at radius 2 is 1.96 bits per heavy atom. The zero-order valence-electron chi connectivity index (χ0n) is 14.0. The first-order valence-electron chi connectivity index (χ1n) is 7.77. The molecule has 0 aliphatic heterocycles. The van der Waals surface area contributed by atoms with Crippen molar-refractivity contribution < 1.29 is 19.0 Å². The summed E-state index contributed by atoms with van der Waals surface area (Å²) in [7, 11) is 1.62. The van der Waals surface area contributed by atoms with Gasteiger partial charge < -0.3 is 14.2 Å². The Bertz CT molecular complexity index is 879. The van der Waals surface area contributed by atoms with Crippen LogP contribution >= 0.6 is 22.9 Å². The van der Waals surface area contributed by atoms with E-state index >= 15 is 0 Å². The SMILES string of the molecule is COc1cccc(-c2nc(COC(=O)COc3ccc(Cl)cc3)cs2)c1. The molecule has 5 nitrogen and oxygen atoms in total. The molecule has 0 spiro atoms. The van der Waals surface area contributed by atoms with E-state index < -0.39 is 5.97 Å². The Labute approximate surface area is 160 Å². The summed E-state index contributed by atoms with van der Waals surface area (Å²) in [6.45, 7) is -0.0716. The van der Waals surface area contributed by atoms with Crippen LogP contribution in [0.3, 0.4) is 0 Å². The summed E-state index contributed by atoms with van der Waals surface area (Å²) in [5.74, 6) is 0.862. The van der Waals surface area contributed by atoms with Crippen molar-refractivity contribution in [2.75, 3.05) is 13.7 Å². The molecule has 134 valence electrons. The summed E-state index contributed by atoms with van der Waals surface area (Å²) >= 11 is 7.28. The minimum absolute atomic E-state index is 0.100. The van der Waals surface area contributed by atoms with Crippen LogP contribution in [-0.2, 0) is 16.1 Å². The number of thiazole rings is 1. The van der Waals surface area contributed by atoms with Gasteiger partial charge in [0.15, 0.2) is 6.61 Å². The van der Waals surface area contributed by atoms with Crippen molar-refractivity contribution in [1.29, 1.82) is 0 Å². The number of esters is 1. The van der Waals surface area contributed by atoms with Crippen molar-refractivity contribution in [3.05, 3.63) is 64.6 Å². The second-order valence-electron chi connectivity index (χ2n) is 5.28. The normalized spacial score (nSPS) is 10.4. The number of rotatable bonds is 7. The molecule has 0 saturated carbocycles. The van der Waals surface area contributed by atoms with Crippen LogP contribution in [0.25, 0.3) is 10.6 Å². The molecule has 2 aromatic carbocycles. The minimum Gasteiger partial charge on any atom is -0.497 e. The second-order valence-corrected chi connectivity index (χ2v) is 6.57. The highest BCUT2D eigenvalue weighted by molar-refractivity contribution is 7.13. The third kappa shape index (κ3) is 4.97. The van der Waals surface area contributed by atoms with Crippen LogP contribution < -0.4 is 9.47 Å². The summed E-state index contributed by atoms with van der Waals surface area (Å²) in [5.41, 5.74) is 1.64. The summed E-state index contributed by atoms with van der Waals surface area (Å²) in [6.07, 6.45) is 0. The molecule has 0 amide bonds. The molecular formula is C19H16ClNO4S. The zero-order valence-corrected chi connectivity index (χ0v) is 15.5. The van der Waals surface area contributed by atoms with Gasteiger partial charge in [0, 0.05) is 16.0 Å². The van der Waals surface area contributed by atoms with Gasteiger partial charge in [-0.1, -0.05) is 23.7 Å². The standard InChI is InChI=1S/C19H16ClNO4S/c1-23-17-4-2-3-13(9-17)19-21-15(12-26-19)10-25-18(22)11-24-16-7-5-14(20)6-8-16/h2-9,12H,10-11H2,1H3. The predicted octanol–water partition coefficient (Wildman–Crippen LogP) is 4.59. The highest BCUT2D eigenvalue weighted by Gasteiger charge is 2.09. The number of carbonyl (C=O) groups excluding carboxylic acids is 1. The molecule has 1 aromatic heterocycles. The van der Waals surface area contributed by atoms with E-state index in [2.05, 4.69) is 4.98 Å². The molecule has 0 bridgehead atoms. The lowest BCUT2D eigenvalue weighted by Gasteiger charge is -2.06. The number of carbonyl (C=O) groups is 1. The number of hydrogen-bond acceptors (Lipinski definition) is 6. The van der Waals surface area contributed by atoms with Gasteiger partial charge in [-0.2, -0.15) is 0 Å². The van der Waals surface area contributed by atoms with Crippen LogP contribution in [0.4, 0.5) is 0 Å². The zero-order chi connectivity index (χ0) is 18.4. The van der Waals surface area contributed by atoms with Crippen molar-refractivity contribution in [1.82, 2.24) is 4.98 Å². The Hall–Kier alpha value is -2.57. The van der Waals surface area contributed by atoms with Crippen molar-refractivity contribution in [3.63, 3.8) is 0 Å². The number of nitrogens with zero attached hydrogens (tertiary/aromatic N) is 1. The number of methoxy groups -OCH3 is 1. The molecule has 0 saturated heterocycles. The first kappa shape index (κ1) is 18.2. The van der Waals surface area contributed by atoms with E-state index in [0.717, 1.165) is 16.3 Å². The molecular weight excluding hydrogens is 374 g/mol. The average Bonchev–Trinajstić information content (AvgIpc) is 3.15. The predicted molar refractivity (Wildman–Crippen MR) is 101 cm³/mol. The molecule has 7 heteroatoms. The molecule has 3 rings (SSSR count). The largest absolute Gasteiger partial charge is 0.497 e. The molecule has 0 atom stereocenters. The molecule has 0 N–H and O–H groups in total. The summed E-state index contributed by atoms with van der Waals surface area (Å²) in [5, 5.41) is 3.31. The van der Waals surface area contributed by atoms with E-state index in [1.54, 1.807) is 31.4 Å². The van der Waals surface area contributed by atoms with E-state index in [1.807, 2.05) is 29.6 Å². The van der Waals surface area contributed by atoms with Crippen LogP contribution in [0.15, 0.2) is 53.9 Å². The fraction of sp³-hybridized carbons (Fsp3) is 0.158. The van der Waals surface area contributed by atoms with Gasteiger partial charge >= 0.3 is 5.97 Å². The van der Waals surface area contributed by atoms with Crippen molar-refractivity contribution in [3.8, 4) is 22.1 Å². The molecule has 0 unspecified atom stereocenters. The lowest BCUT2D eigenvalue weighted by atomic mass is 10.2. The first-order chi connectivity index (χ1) is 12.6. The number of aromatic nitrogens is 1. The Morgan fingerprint density at radius 3 is 2.73 bits per heavy atom. The van der Waals surface area contributed by atoms with Crippen molar-refractivity contribution >= 4 is 28.9 Å². The number of ether oxygens (including phenoxy) is 3. The van der Waals surface area contributed by atoms with Gasteiger partial charge in [0.25, 0.3) is 0 Å². The molecule has 0 radical (unpaired) electrons. The molecule has 26 heavy (non-hydrogen) atoms. The van der Waals surface area contributed by atoms with Crippen LogP contribution in [0.1, 0.15) is 5.69 Å². The van der Waals surface area contributed by atoms with E-state index in [-0.39, 0.29) is 13.2 Å². The van der Waals surface area contributed by atoms with E-state index in [1.165, 1.54) is 11.3 Å². The quantitative estimate of drug-likeness (QED) is 0.553. The lowest BCUT2D eigenvalue weighted by Crippen LogP contribution is -2.14. The van der Waals surface area contributed by atoms with E-state index in [0.29, 0.717) is 16.5 Å². The van der Waals surface area contributed by atoms with Gasteiger partial charge in [0.05, 0.1) is 12.8 Å². The third-order valence-electron chi connectivity index (χ3n) is 3.42. The van der Waals surface area contributed by atoms with Gasteiger partial charge in [-0.05, 0) is 36.4 Å². The van der Waals surface area contributed by atoms with Crippen LogP contribution in [0.2, 0.25) is 5.02 Å². The average molecular weight is 390 g/mol. The van der Waals surface area contributed by atoms with E-state index in [9.17, 15) is 4.79 Å². The maximum absolute atomic E-state index is 11.8. The smallest absolute Gasteiger partial charge is 0.344 e. The van der Waals surface area contributed by atoms with Crippen LogP contribution in [0.5, 0.6) is 11.5 Å². The highest BCUT2D eigenvalue weighted by Crippen LogP contribution is 2.27. The fourth-order valence-corrected chi connectivity index (χ4v) is 3.06. The third-order valence-corrected chi connectivity index (χ3v) is 4.61. The maximum atomic E-state index is 11.8. The topological polar surface area (TPSA) is 57.7 Å². The number of benzene rings is 2. The highest BCUT2D eigenvalue weighted by atomic mass is 35.5. The summed E-state index contributed by atoms with van der Waals surface area (Å²) in [6, 6.07) is 14.4. The first-order valence-corrected chi connectivity index (χ1v) is 9.02. The minimum atomic E-state index is -0.462. The number of halogens is 1.